The third kappa shape index (κ3) is 3.49. The molecule has 1 saturated carbocycles. The summed E-state index contributed by atoms with van der Waals surface area (Å²) < 4.78 is 2.39. The predicted octanol–water partition coefficient (Wildman–Crippen LogP) is 3.37. The summed E-state index contributed by atoms with van der Waals surface area (Å²) in [6, 6.07) is 0.680. The molecule has 2 aliphatic rings. The molecule has 1 aliphatic heterocycles. The van der Waals surface area contributed by atoms with E-state index in [1.807, 2.05) is 0 Å². The Labute approximate surface area is 96.9 Å². The fraction of sp³-hybridized carbons (Fsp3) is 0.917. The molecule has 15 heavy (non-hydrogen) atoms. The minimum atomic E-state index is 0.386. The van der Waals surface area contributed by atoms with Gasteiger partial charge in [-0.3, -0.25) is 4.79 Å². The Balaban J connectivity index is 1.91. The fourth-order valence-electron chi connectivity index (χ4n) is 2.56. The van der Waals surface area contributed by atoms with Crippen LogP contribution in [0.3, 0.4) is 0 Å². The summed E-state index contributed by atoms with van der Waals surface area (Å²) in [5.41, 5.74) is 0. The molecule has 2 rings (SSSR count). The van der Waals surface area contributed by atoms with Gasteiger partial charge in [-0.2, -0.15) is 0 Å². The Morgan fingerprint density at radius 3 is 2.47 bits per heavy atom. The Morgan fingerprint density at radius 1 is 1.00 bits per heavy atom. The van der Waals surface area contributed by atoms with Gasteiger partial charge in [0.1, 0.15) is 0 Å². The third-order valence-corrected chi connectivity index (χ3v) is 4.58. The molecule has 1 saturated heterocycles. The molecule has 0 bridgehead atoms. The maximum absolute atomic E-state index is 11.5. The average molecular weight is 227 g/mol. The lowest BCUT2D eigenvalue weighted by molar-refractivity contribution is -0.111. The van der Waals surface area contributed by atoms with Crippen molar-refractivity contribution in [1.82, 2.24) is 4.31 Å². The summed E-state index contributed by atoms with van der Waals surface area (Å²) in [4.78, 5) is 11.5. The van der Waals surface area contributed by atoms with E-state index in [0.29, 0.717) is 11.2 Å². The van der Waals surface area contributed by atoms with Gasteiger partial charge in [-0.05, 0) is 37.6 Å². The summed E-state index contributed by atoms with van der Waals surface area (Å²) in [5, 5.41) is 0.386. The first-order valence-electron chi connectivity index (χ1n) is 6.34. The van der Waals surface area contributed by atoms with Gasteiger partial charge in [0.25, 0.3) is 0 Å². The molecule has 0 aromatic rings. The molecule has 0 unspecified atom stereocenters. The van der Waals surface area contributed by atoms with E-state index in [0.717, 1.165) is 19.4 Å². The first kappa shape index (κ1) is 11.5. The van der Waals surface area contributed by atoms with Gasteiger partial charge in [-0.1, -0.05) is 25.7 Å². The van der Waals surface area contributed by atoms with E-state index in [-0.39, 0.29) is 0 Å². The Hall–Kier alpha value is -0.0200. The van der Waals surface area contributed by atoms with Crippen molar-refractivity contribution < 1.29 is 4.79 Å². The van der Waals surface area contributed by atoms with Crippen molar-refractivity contribution in [2.45, 2.75) is 63.8 Å². The van der Waals surface area contributed by atoms with E-state index in [1.54, 1.807) is 0 Å². The van der Waals surface area contributed by atoms with Crippen LogP contribution < -0.4 is 0 Å². The van der Waals surface area contributed by atoms with Gasteiger partial charge < -0.3 is 0 Å². The van der Waals surface area contributed by atoms with Crippen LogP contribution in [0.2, 0.25) is 0 Å². The second kappa shape index (κ2) is 5.90. The van der Waals surface area contributed by atoms with Crippen molar-refractivity contribution in [3.05, 3.63) is 0 Å². The number of hydrogen-bond acceptors (Lipinski definition) is 3. The zero-order valence-corrected chi connectivity index (χ0v) is 10.2. The Kier molecular flexibility index (Phi) is 4.51. The molecular formula is C12H21NOS. The van der Waals surface area contributed by atoms with Crippen molar-refractivity contribution in [2.24, 2.45) is 0 Å². The molecule has 3 heteroatoms. The molecule has 1 aliphatic carbocycles. The first-order chi connectivity index (χ1) is 7.36. The van der Waals surface area contributed by atoms with Crippen LogP contribution in [0.25, 0.3) is 0 Å². The second-order valence-electron chi connectivity index (χ2n) is 4.71. The van der Waals surface area contributed by atoms with Crippen LogP contribution in [-0.4, -0.2) is 22.0 Å². The van der Waals surface area contributed by atoms with Crippen LogP contribution in [0.5, 0.6) is 0 Å². The summed E-state index contributed by atoms with van der Waals surface area (Å²) in [6.07, 6.45) is 11.2. The summed E-state index contributed by atoms with van der Waals surface area (Å²) in [6.45, 7) is 1.13. The SMILES string of the molecule is O=C1CCCCN(C2CCCCCC2)S1. The zero-order chi connectivity index (χ0) is 10.5. The minimum Gasteiger partial charge on any atom is -0.286 e. The highest BCUT2D eigenvalue weighted by atomic mass is 32.2. The van der Waals surface area contributed by atoms with E-state index in [9.17, 15) is 4.79 Å². The largest absolute Gasteiger partial charge is 0.286 e. The molecule has 0 amide bonds. The number of nitrogens with zero attached hydrogens (tertiary/aromatic N) is 1. The zero-order valence-electron chi connectivity index (χ0n) is 9.41. The van der Waals surface area contributed by atoms with Crippen LogP contribution in [-0.2, 0) is 4.79 Å². The van der Waals surface area contributed by atoms with Gasteiger partial charge in [-0.25, -0.2) is 4.31 Å². The molecule has 2 nitrogen and oxygen atoms in total. The summed E-state index contributed by atoms with van der Waals surface area (Å²) >= 11 is 1.52. The van der Waals surface area contributed by atoms with Crippen LogP contribution in [0.15, 0.2) is 0 Å². The molecule has 0 radical (unpaired) electrons. The van der Waals surface area contributed by atoms with E-state index in [4.69, 9.17) is 0 Å². The lowest BCUT2D eigenvalue weighted by Gasteiger charge is -2.27. The maximum atomic E-state index is 11.5. The molecule has 0 aromatic heterocycles. The quantitative estimate of drug-likeness (QED) is 0.506. The summed E-state index contributed by atoms with van der Waals surface area (Å²) in [7, 11) is 0. The van der Waals surface area contributed by atoms with Crippen LogP contribution in [0, 0.1) is 0 Å². The highest BCUT2D eigenvalue weighted by molar-refractivity contribution is 8.11. The summed E-state index contributed by atoms with van der Waals surface area (Å²) in [5.74, 6) is 0. The lowest BCUT2D eigenvalue weighted by Crippen LogP contribution is -2.30. The average Bonchev–Trinajstić information content (AvgIpc) is 2.59. The van der Waals surface area contributed by atoms with E-state index in [2.05, 4.69) is 4.31 Å². The van der Waals surface area contributed by atoms with E-state index < -0.39 is 0 Å². The third-order valence-electron chi connectivity index (χ3n) is 3.46. The normalized spacial score (nSPS) is 27.3. The monoisotopic (exact) mass is 227 g/mol. The predicted molar refractivity (Wildman–Crippen MR) is 64.6 cm³/mol. The molecule has 86 valence electrons. The molecule has 2 fully saturated rings. The molecule has 0 N–H and O–H groups in total. The van der Waals surface area contributed by atoms with Gasteiger partial charge in [0.15, 0.2) is 0 Å². The molecule has 1 heterocycles. The van der Waals surface area contributed by atoms with Crippen LogP contribution in [0.1, 0.15) is 57.8 Å². The van der Waals surface area contributed by atoms with Crippen molar-refractivity contribution in [3.8, 4) is 0 Å². The molecule has 0 atom stereocenters. The molecule has 0 spiro atoms. The number of rotatable bonds is 1. The smallest absolute Gasteiger partial charge is 0.203 e. The minimum absolute atomic E-state index is 0.386. The fourth-order valence-corrected chi connectivity index (χ4v) is 3.64. The van der Waals surface area contributed by atoms with E-state index in [1.165, 1.54) is 56.9 Å². The Bertz CT molecular complexity index is 212. The molecular weight excluding hydrogens is 206 g/mol. The first-order valence-corrected chi connectivity index (χ1v) is 7.11. The maximum Gasteiger partial charge on any atom is 0.203 e. The number of carbonyl (C=O) groups is 1. The number of hydrogen-bond donors (Lipinski definition) is 0. The number of carbonyl (C=O) groups excluding carboxylic acids is 1. The molecule has 0 aromatic carbocycles. The van der Waals surface area contributed by atoms with Gasteiger partial charge in [0.05, 0.1) is 0 Å². The van der Waals surface area contributed by atoms with Crippen molar-refractivity contribution in [1.29, 1.82) is 0 Å². The van der Waals surface area contributed by atoms with Gasteiger partial charge >= 0.3 is 0 Å². The van der Waals surface area contributed by atoms with Gasteiger partial charge in [0.2, 0.25) is 5.12 Å². The van der Waals surface area contributed by atoms with Crippen molar-refractivity contribution in [2.75, 3.05) is 6.54 Å². The van der Waals surface area contributed by atoms with E-state index >= 15 is 0 Å². The Morgan fingerprint density at radius 2 is 1.73 bits per heavy atom. The topological polar surface area (TPSA) is 20.3 Å². The second-order valence-corrected chi connectivity index (χ2v) is 5.81. The highest BCUT2D eigenvalue weighted by Gasteiger charge is 2.24. The highest BCUT2D eigenvalue weighted by Crippen LogP contribution is 2.30. The van der Waals surface area contributed by atoms with Gasteiger partial charge in [-0.15, -0.1) is 0 Å². The van der Waals surface area contributed by atoms with Crippen LogP contribution >= 0.6 is 11.9 Å². The van der Waals surface area contributed by atoms with Crippen molar-refractivity contribution in [3.63, 3.8) is 0 Å². The lowest BCUT2D eigenvalue weighted by atomic mass is 10.1. The van der Waals surface area contributed by atoms with Gasteiger partial charge in [0, 0.05) is 19.0 Å². The van der Waals surface area contributed by atoms with Crippen molar-refractivity contribution >= 4 is 17.1 Å². The van der Waals surface area contributed by atoms with Crippen LogP contribution in [0.4, 0.5) is 0 Å². The standard InChI is InChI=1S/C12H21NOS/c14-12-9-5-6-10-13(15-12)11-7-3-1-2-4-8-11/h11H,1-10H2.